The summed E-state index contributed by atoms with van der Waals surface area (Å²) in [6.45, 7) is 3.14. The van der Waals surface area contributed by atoms with Crippen LogP contribution in [0, 0.1) is 12.3 Å². The summed E-state index contributed by atoms with van der Waals surface area (Å²) in [6, 6.07) is -0.512. The minimum absolute atomic E-state index is 0.102. The number of ketones is 1. The Balaban J connectivity index is 4.06. The molecule has 0 heterocycles. The van der Waals surface area contributed by atoms with Crippen LogP contribution in [-0.4, -0.2) is 17.7 Å². The summed E-state index contributed by atoms with van der Waals surface area (Å²) in [7, 11) is 0. The first-order chi connectivity index (χ1) is 5.61. The van der Waals surface area contributed by atoms with Crippen molar-refractivity contribution in [3.63, 3.8) is 0 Å². The van der Waals surface area contributed by atoms with Crippen molar-refractivity contribution in [3.05, 3.63) is 0 Å². The molecule has 3 nitrogen and oxygen atoms in total. The van der Waals surface area contributed by atoms with E-state index in [0.717, 1.165) is 0 Å². The van der Waals surface area contributed by atoms with Gasteiger partial charge in [0.15, 0.2) is 5.78 Å². The van der Waals surface area contributed by atoms with Crippen molar-refractivity contribution in [1.82, 2.24) is 5.32 Å². The van der Waals surface area contributed by atoms with Gasteiger partial charge in [-0.3, -0.25) is 9.59 Å². The quantitative estimate of drug-likeness (QED) is 0.619. The van der Waals surface area contributed by atoms with Crippen LogP contribution in [0.4, 0.5) is 0 Å². The van der Waals surface area contributed by atoms with Crippen LogP contribution in [0.5, 0.6) is 0 Å². The van der Waals surface area contributed by atoms with Gasteiger partial charge in [0.1, 0.15) is 0 Å². The molecule has 0 spiro atoms. The highest BCUT2D eigenvalue weighted by atomic mass is 16.2. The molecule has 0 aromatic rings. The van der Waals surface area contributed by atoms with Crippen LogP contribution in [0.1, 0.15) is 26.7 Å². The first-order valence-corrected chi connectivity index (χ1v) is 3.85. The summed E-state index contributed by atoms with van der Waals surface area (Å²) < 4.78 is 0. The Bertz CT molecular complexity index is 215. The molecule has 0 aromatic heterocycles. The normalized spacial score (nSPS) is 11.4. The Morgan fingerprint density at radius 3 is 2.50 bits per heavy atom. The molecule has 0 saturated carbocycles. The van der Waals surface area contributed by atoms with Gasteiger partial charge in [-0.1, -0.05) is 6.92 Å². The number of rotatable bonds is 4. The van der Waals surface area contributed by atoms with Crippen molar-refractivity contribution in [2.24, 2.45) is 0 Å². The summed E-state index contributed by atoms with van der Waals surface area (Å²) in [5, 5.41) is 2.54. The van der Waals surface area contributed by atoms with E-state index in [4.69, 9.17) is 6.42 Å². The number of carbonyl (C=O) groups excluding carboxylic acids is 2. The van der Waals surface area contributed by atoms with E-state index >= 15 is 0 Å². The third-order valence-corrected chi connectivity index (χ3v) is 1.47. The molecule has 0 saturated heterocycles. The Morgan fingerprint density at radius 1 is 1.58 bits per heavy atom. The lowest BCUT2D eigenvalue weighted by Gasteiger charge is -2.11. The molecule has 0 bridgehead atoms. The first kappa shape index (κ1) is 10.7. The maximum atomic E-state index is 10.9. The van der Waals surface area contributed by atoms with Crippen molar-refractivity contribution in [2.45, 2.75) is 32.7 Å². The zero-order valence-corrected chi connectivity index (χ0v) is 7.39. The van der Waals surface area contributed by atoms with Crippen LogP contribution < -0.4 is 5.32 Å². The second-order valence-electron chi connectivity index (χ2n) is 2.49. The zero-order valence-electron chi connectivity index (χ0n) is 7.39. The standard InChI is InChI=1S/C9H13NO2/c1-4-6-8(7(3)11)10-9(12)5-2/h1,8H,5-6H2,2-3H3,(H,10,12). The lowest BCUT2D eigenvalue weighted by molar-refractivity contribution is -0.126. The van der Waals surface area contributed by atoms with Crippen LogP contribution in [0.3, 0.4) is 0 Å². The van der Waals surface area contributed by atoms with Gasteiger partial charge in [-0.25, -0.2) is 0 Å². The van der Waals surface area contributed by atoms with Crippen molar-refractivity contribution < 1.29 is 9.59 Å². The van der Waals surface area contributed by atoms with Crippen LogP contribution >= 0.6 is 0 Å². The van der Waals surface area contributed by atoms with Crippen molar-refractivity contribution in [3.8, 4) is 12.3 Å². The lowest BCUT2D eigenvalue weighted by atomic mass is 10.1. The Morgan fingerprint density at radius 2 is 2.17 bits per heavy atom. The number of terminal acetylenes is 1. The second-order valence-corrected chi connectivity index (χ2v) is 2.49. The van der Waals surface area contributed by atoms with E-state index in [1.54, 1.807) is 6.92 Å². The van der Waals surface area contributed by atoms with Gasteiger partial charge >= 0.3 is 0 Å². The molecule has 3 heteroatoms. The molecule has 0 radical (unpaired) electrons. The van der Waals surface area contributed by atoms with Gasteiger partial charge in [0.25, 0.3) is 0 Å². The number of nitrogens with one attached hydrogen (secondary N) is 1. The monoisotopic (exact) mass is 167 g/mol. The minimum Gasteiger partial charge on any atom is -0.345 e. The smallest absolute Gasteiger partial charge is 0.220 e. The molecule has 66 valence electrons. The summed E-state index contributed by atoms with van der Waals surface area (Å²) in [5.41, 5.74) is 0. The van der Waals surface area contributed by atoms with Crippen molar-refractivity contribution in [2.75, 3.05) is 0 Å². The van der Waals surface area contributed by atoms with Crippen LogP contribution in [-0.2, 0) is 9.59 Å². The van der Waals surface area contributed by atoms with Gasteiger partial charge in [0.2, 0.25) is 5.91 Å². The number of hydrogen-bond acceptors (Lipinski definition) is 2. The fourth-order valence-corrected chi connectivity index (χ4v) is 0.711. The summed E-state index contributed by atoms with van der Waals surface area (Å²) >= 11 is 0. The van der Waals surface area contributed by atoms with Gasteiger partial charge in [-0.05, 0) is 6.92 Å². The highest BCUT2D eigenvalue weighted by molar-refractivity contribution is 5.87. The Kier molecular flexibility index (Phi) is 4.78. The average Bonchev–Trinajstić information content (AvgIpc) is 2.03. The van der Waals surface area contributed by atoms with Crippen molar-refractivity contribution in [1.29, 1.82) is 0 Å². The van der Waals surface area contributed by atoms with E-state index in [9.17, 15) is 9.59 Å². The molecule has 1 unspecified atom stereocenters. The van der Waals surface area contributed by atoms with Gasteiger partial charge in [0.05, 0.1) is 6.04 Å². The molecule has 0 aromatic carbocycles. The Labute approximate surface area is 72.5 Å². The largest absolute Gasteiger partial charge is 0.345 e. The topological polar surface area (TPSA) is 46.2 Å². The van der Waals surface area contributed by atoms with E-state index < -0.39 is 6.04 Å². The molecule has 0 fully saturated rings. The third kappa shape index (κ3) is 3.77. The molecule has 1 amide bonds. The maximum absolute atomic E-state index is 10.9. The van der Waals surface area contributed by atoms with Crippen LogP contribution in [0.25, 0.3) is 0 Å². The Hall–Kier alpha value is -1.30. The molecule has 12 heavy (non-hydrogen) atoms. The summed E-state index contributed by atoms with van der Waals surface area (Å²) in [5.74, 6) is 2.09. The number of Topliss-reactive ketones (excluding diaryl/α,β-unsaturated/α-hetero) is 1. The fraction of sp³-hybridized carbons (Fsp3) is 0.556. The van der Waals surface area contributed by atoms with E-state index in [1.165, 1.54) is 6.92 Å². The molecule has 1 N–H and O–H groups in total. The summed E-state index contributed by atoms with van der Waals surface area (Å²) in [6.07, 6.45) is 5.67. The maximum Gasteiger partial charge on any atom is 0.220 e. The highest BCUT2D eigenvalue weighted by Gasteiger charge is 2.13. The molecule has 0 aliphatic heterocycles. The van der Waals surface area contributed by atoms with Gasteiger partial charge in [-0.15, -0.1) is 12.3 Å². The molecule has 0 rings (SSSR count). The van der Waals surface area contributed by atoms with E-state index in [2.05, 4.69) is 11.2 Å². The van der Waals surface area contributed by atoms with Gasteiger partial charge in [-0.2, -0.15) is 0 Å². The van der Waals surface area contributed by atoms with E-state index in [1.807, 2.05) is 0 Å². The van der Waals surface area contributed by atoms with Crippen LogP contribution in [0.15, 0.2) is 0 Å². The summed E-state index contributed by atoms with van der Waals surface area (Å²) in [4.78, 5) is 21.7. The number of amides is 1. The van der Waals surface area contributed by atoms with E-state index in [-0.39, 0.29) is 18.1 Å². The van der Waals surface area contributed by atoms with Gasteiger partial charge in [0, 0.05) is 12.8 Å². The third-order valence-electron chi connectivity index (χ3n) is 1.47. The van der Waals surface area contributed by atoms with E-state index in [0.29, 0.717) is 6.42 Å². The number of carbonyl (C=O) groups is 2. The average molecular weight is 167 g/mol. The second kappa shape index (κ2) is 5.36. The van der Waals surface area contributed by atoms with Crippen molar-refractivity contribution >= 4 is 11.7 Å². The molecule has 0 aliphatic rings. The molecular weight excluding hydrogens is 154 g/mol. The molecule has 0 aliphatic carbocycles. The zero-order chi connectivity index (χ0) is 9.56. The molecule has 1 atom stereocenters. The fourth-order valence-electron chi connectivity index (χ4n) is 0.711. The predicted molar refractivity (Wildman–Crippen MR) is 46.4 cm³/mol. The first-order valence-electron chi connectivity index (χ1n) is 3.85. The number of hydrogen-bond donors (Lipinski definition) is 1. The highest BCUT2D eigenvalue weighted by Crippen LogP contribution is 1.93. The molecular formula is C9H13NO2. The predicted octanol–water partition coefficient (Wildman–Crippen LogP) is 0.493. The SMILES string of the molecule is C#CCC(NC(=O)CC)C(C)=O. The van der Waals surface area contributed by atoms with Crippen LogP contribution in [0.2, 0.25) is 0 Å². The lowest BCUT2D eigenvalue weighted by Crippen LogP contribution is -2.39. The minimum atomic E-state index is -0.512. The van der Waals surface area contributed by atoms with Gasteiger partial charge < -0.3 is 5.32 Å².